The minimum atomic E-state index is -0.0634. The van der Waals surface area contributed by atoms with Gasteiger partial charge in [0, 0.05) is 19.3 Å². The fourth-order valence-corrected chi connectivity index (χ4v) is 2.64. The summed E-state index contributed by atoms with van der Waals surface area (Å²) in [6.07, 6.45) is 1.60. The number of nitrogens with zero attached hydrogens (tertiary/aromatic N) is 5. The molecule has 20 heavy (non-hydrogen) atoms. The smallest absolute Gasteiger partial charge is 0.272 e. The number of quaternary nitrogens is 1. The van der Waals surface area contributed by atoms with Gasteiger partial charge in [-0.2, -0.15) is 5.17 Å². The second-order valence-corrected chi connectivity index (χ2v) is 5.10. The molecule has 1 aromatic heterocycles. The minimum absolute atomic E-state index is 0.0271. The van der Waals surface area contributed by atoms with Crippen molar-refractivity contribution in [2.24, 2.45) is 0 Å². The number of anilines is 1. The van der Waals surface area contributed by atoms with Crippen molar-refractivity contribution in [3.8, 4) is 0 Å². The summed E-state index contributed by atoms with van der Waals surface area (Å²) in [6.45, 7) is 3.11. The van der Waals surface area contributed by atoms with Gasteiger partial charge in [-0.3, -0.25) is 9.80 Å². The highest BCUT2D eigenvalue weighted by molar-refractivity contribution is 5.63. The first kappa shape index (κ1) is 13.7. The Morgan fingerprint density at radius 2 is 2.20 bits per heavy atom. The molecule has 8 heteroatoms. The van der Waals surface area contributed by atoms with Gasteiger partial charge in [0.2, 0.25) is 0 Å². The normalized spacial score (nSPS) is 25.0. The first-order chi connectivity index (χ1) is 9.68. The summed E-state index contributed by atoms with van der Waals surface area (Å²) >= 11 is 0. The molecule has 2 aliphatic heterocycles. The third-order valence-corrected chi connectivity index (χ3v) is 3.50. The molecule has 110 valence electrons. The summed E-state index contributed by atoms with van der Waals surface area (Å²) in [7, 11) is 4.00. The minimum Gasteiger partial charge on any atom is -0.389 e. The van der Waals surface area contributed by atoms with Gasteiger partial charge in [0.05, 0.1) is 13.2 Å². The molecule has 0 aliphatic carbocycles. The van der Waals surface area contributed by atoms with E-state index in [-0.39, 0.29) is 11.5 Å². The van der Waals surface area contributed by atoms with Crippen molar-refractivity contribution in [1.82, 2.24) is 14.8 Å². The van der Waals surface area contributed by atoms with Crippen LogP contribution in [0.1, 0.15) is 0 Å². The van der Waals surface area contributed by atoms with Gasteiger partial charge < -0.3 is 15.3 Å². The molecule has 0 saturated carbocycles. The topological polar surface area (TPSA) is 70.6 Å². The predicted molar refractivity (Wildman–Crippen MR) is 72.4 cm³/mol. The lowest BCUT2D eigenvalue weighted by Gasteiger charge is -2.47. The molecule has 1 saturated heterocycles. The van der Waals surface area contributed by atoms with Gasteiger partial charge in [-0.15, -0.1) is 0 Å². The molecule has 0 radical (unpaired) electrons. The number of fused-ring (bicyclic) bond motifs is 1. The monoisotopic (exact) mass is 280 g/mol. The maximum absolute atomic E-state index is 9.96. The van der Waals surface area contributed by atoms with E-state index in [1.54, 1.807) is 6.20 Å². The van der Waals surface area contributed by atoms with Crippen molar-refractivity contribution in [3.05, 3.63) is 23.9 Å². The van der Waals surface area contributed by atoms with E-state index in [0.717, 1.165) is 18.8 Å². The van der Waals surface area contributed by atoms with Gasteiger partial charge >= 0.3 is 0 Å². The van der Waals surface area contributed by atoms with Crippen LogP contribution in [0.5, 0.6) is 0 Å². The van der Waals surface area contributed by atoms with Gasteiger partial charge in [-0.25, -0.2) is 10.2 Å². The molecule has 0 aromatic carbocycles. The van der Waals surface area contributed by atoms with Crippen LogP contribution in [-0.2, 0) is 4.74 Å². The zero-order valence-corrected chi connectivity index (χ0v) is 11.7. The third-order valence-electron chi connectivity index (χ3n) is 3.50. The Balaban J connectivity index is 1.89. The first-order valence-electron chi connectivity index (χ1n) is 6.69. The lowest BCUT2D eigenvalue weighted by atomic mass is 10.3. The molecular weight excluding hydrogens is 260 g/mol. The van der Waals surface area contributed by atoms with Crippen LogP contribution in [0, 0.1) is 0 Å². The van der Waals surface area contributed by atoms with Gasteiger partial charge in [0.15, 0.2) is 0 Å². The highest BCUT2D eigenvalue weighted by Crippen LogP contribution is 2.30. The molecule has 3 rings (SSSR count). The maximum atomic E-state index is 9.96. The van der Waals surface area contributed by atoms with Gasteiger partial charge in [0.25, 0.3) is 5.82 Å². The number of ether oxygens (including phenoxy) is 1. The molecule has 3 heterocycles. The largest absolute Gasteiger partial charge is 0.389 e. The molecule has 2 N–H and O–H groups in total. The van der Waals surface area contributed by atoms with Crippen LogP contribution in [0.4, 0.5) is 11.5 Å². The molecule has 1 aromatic rings. The third kappa shape index (κ3) is 2.37. The quantitative estimate of drug-likeness (QED) is 0.754. The highest BCUT2D eigenvalue weighted by atomic mass is 16.6. The Morgan fingerprint density at radius 3 is 2.90 bits per heavy atom. The van der Waals surface area contributed by atoms with Crippen LogP contribution in [0.2, 0.25) is 0 Å². The second-order valence-electron chi connectivity index (χ2n) is 5.10. The molecule has 2 atom stereocenters. The lowest BCUT2D eigenvalue weighted by molar-refractivity contribution is -1.00. The summed E-state index contributed by atoms with van der Waals surface area (Å²) in [5.74, 6) is 0.535. The molecule has 8 nitrogen and oxygen atoms in total. The Bertz CT molecular complexity index is 465. The van der Waals surface area contributed by atoms with Crippen LogP contribution in [-0.4, -0.2) is 66.7 Å². The number of morpholine rings is 1. The summed E-state index contributed by atoms with van der Waals surface area (Å²) in [4.78, 5) is 8.55. The average Bonchev–Trinajstić information content (AvgIpc) is 2.78. The Labute approximate surface area is 118 Å². The summed E-state index contributed by atoms with van der Waals surface area (Å²) < 4.78 is 5.41. The fourth-order valence-electron chi connectivity index (χ4n) is 2.64. The van der Waals surface area contributed by atoms with Crippen molar-refractivity contribution in [3.63, 3.8) is 0 Å². The van der Waals surface area contributed by atoms with Crippen LogP contribution < -0.4 is 10.2 Å². The van der Waals surface area contributed by atoms with E-state index in [2.05, 4.69) is 20.3 Å². The van der Waals surface area contributed by atoms with Crippen molar-refractivity contribution in [2.75, 3.05) is 45.4 Å². The number of hydrogen-bond donors (Lipinski definition) is 2. The van der Waals surface area contributed by atoms with E-state index >= 15 is 0 Å². The van der Waals surface area contributed by atoms with Gasteiger partial charge in [-0.05, 0) is 26.2 Å². The number of aromatic nitrogens is 1. The summed E-state index contributed by atoms with van der Waals surface area (Å²) in [6, 6.07) is 3.78. The molecule has 0 amide bonds. The average molecular weight is 280 g/mol. The number of rotatable bonds is 3. The molecule has 0 spiro atoms. The molecule has 1 fully saturated rings. The van der Waals surface area contributed by atoms with Gasteiger partial charge in [0.1, 0.15) is 12.0 Å². The SMILES string of the molecule is CN(C)C(N1CCOCC1)N1[N-][NH+](O)c2ncccc21. The molecule has 2 aliphatic rings. The Kier molecular flexibility index (Phi) is 3.83. The van der Waals surface area contributed by atoms with E-state index in [1.807, 2.05) is 31.2 Å². The van der Waals surface area contributed by atoms with Crippen molar-refractivity contribution < 1.29 is 15.1 Å². The van der Waals surface area contributed by atoms with E-state index in [4.69, 9.17) is 4.74 Å². The van der Waals surface area contributed by atoms with Crippen LogP contribution in [0.3, 0.4) is 0 Å². The zero-order valence-electron chi connectivity index (χ0n) is 11.7. The van der Waals surface area contributed by atoms with Crippen molar-refractivity contribution >= 4 is 11.5 Å². The highest BCUT2D eigenvalue weighted by Gasteiger charge is 2.33. The zero-order chi connectivity index (χ0) is 14.1. The van der Waals surface area contributed by atoms with Crippen LogP contribution in [0.25, 0.3) is 5.53 Å². The van der Waals surface area contributed by atoms with E-state index in [9.17, 15) is 5.21 Å². The van der Waals surface area contributed by atoms with Crippen molar-refractivity contribution in [1.29, 1.82) is 0 Å². The lowest BCUT2D eigenvalue weighted by Crippen LogP contribution is -3.00. The second kappa shape index (κ2) is 5.60. The van der Waals surface area contributed by atoms with Crippen LogP contribution >= 0.6 is 0 Å². The predicted octanol–water partition coefficient (Wildman–Crippen LogP) is -0.812. The van der Waals surface area contributed by atoms with E-state index in [0.29, 0.717) is 19.0 Å². The number of pyridine rings is 1. The molecule has 0 bridgehead atoms. The molecule has 2 unspecified atom stereocenters. The summed E-state index contributed by atoms with van der Waals surface area (Å²) in [5, 5.41) is 11.8. The van der Waals surface area contributed by atoms with Gasteiger partial charge in [-0.1, -0.05) is 0 Å². The van der Waals surface area contributed by atoms with E-state index in [1.165, 1.54) is 0 Å². The number of hydrogen-bond acceptors (Lipinski definition) is 6. The van der Waals surface area contributed by atoms with Crippen molar-refractivity contribution in [2.45, 2.75) is 6.29 Å². The van der Waals surface area contributed by atoms with Crippen LogP contribution in [0.15, 0.2) is 18.3 Å². The standard InChI is InChI=1S/C12H20N6O2/c1-15(2)12(16-6-8-20-9-7-16)17-10-4-3-5-13-11(10)18(19)14-17/h3-5,12,18-19H,6-9H2,1-2H3. The molecular formula is C12H20N6O2. The number of nitrogens with one attached hydrogen (secondary N) is 1. The Hall–Kier alpha value is -1.29. The summed E-state index contributed by atoms with van der Waals surface area (Å²) in [5.41, 5.74) is 5.10. The maximum Gasteiger partial charge on any atom is 0.272 e. The van der Waals surface area contributed by atoms with E-state index < -0.39 is 0 Å². The fraction of sp³-hybridized carbons (Fsp3) is 0.583. The first-order valence-corrected chi connectivity index (χ1v) is 6.69. The Morgan fingerprint density at radius 1 is 1.45 bits per heavy atom.